The first-order valence-electron chi connectivity index (χ1n) is 8.75. The lowest BCUT2D eigenvalue weighted by Crippen LogP contribution is -2.26. The van der Waals surface area contributed by atoms with Crippen LogP contribution in [0.25, 0.3) is 0 Å². The van der Waals surface area contributed by atoms with E-state index in [1.54, 1.807) is 42.5 Å². The van der Waals surface area contributed by atoms with E-state index in [1.807, 2.05) is 0 Å². The van der Waals surface area contributed by atoms with Gasteiger partial charge in [-0.3, -0.25) is 9.52 Å². The van der Waals surface area contributed by atoms with Gasteiger partial charge in [0.1, 0.15) is 5.82 Å². The van der Waals surface area contributed by atoms with Gasteiger partial charge in [0, 0.05) is 22.8 Å². The fourth-order valence-electron chi connectivity index (χ4n) is 2.65. The number of carbonyl (C=O) groups is 1. The van der Waals surface area contributed by atoms with Crippen LogP contribution in [0, 0.1) is 5.82 Å². The SMILES string of the molecule is O=C(NCCc1ccccc1F)c1cccc(S(=O)(=O)Nc2ccc(Cl)cc2)c1. The van der Waals surface area contributed by atoms with Crippen molar-refractivity contribution in [3.05, 3.63) is 94.8 Å². The zero-order chi connectivity index (χ0) is 20.9. The third-order valence-corrected chi connectivity index (χ3v) is 5.77. The number of hydrogen-bond acceptors (Lipinski definition) is 3. The Morgan fingerprint density at radius 3 is 2.41 bits per heavy atom. The first-order valence-corrected chi connectivity index (χ1v) is 10.6. The van der Waals surface area contributed by atoms with Crippen LogP contribution in [-0.4, -0.2) is 20.9 Å². The van der Waals surface area contributed by atoms with Gasteiger partial charge in [0.2, 0.25) is 0 Å². The summed E-state index contributed by atoms with van der Waals surface area (Å²) < 4.78 is 41.2. The minimum Gasteiger partial charge on any atom is -0.352 e. The molecule has 0 aliphatic carbocycles. The lowest BCUT2D eigenvalue weighted by atomic mass is 10.1. The summed E-state index contributed by atoms with van der Waals surface area (Å²) in [5, 5.41) is 3.16. The summed E-state index contributed by atoms with van der Waals surface area (Å²) in [6.45, 7) is 0.222. The van der Waals surface area contributed by atoms with Crippen LogP contribution in [0.15, 0.2) is 77.7 Å². The van der Waals surface area contributed by atoms with E-state index in [9.17, 15) is 17.6 Å². The molecule has 8 heteroatoms. The van der Waals surface area contributed by atoms with Crippen LogP contribution < -0.4 is 10.0 Å². The fraction of sp³-hybridized carbons (Fsp3) is 0.0952. The van der Waals surface area contributed by atoms with Gasteiger partial charge in [0.25, 0.3) is 15.9 Å². The van der Waals surface area contributed by atoms with Crippen molar-refractivity contribution in [3.8, 4) is 0 Å². The fourth-order valence-corrected chi connectivity index (χ4v) is 3.88. The van der Waals surface area contributed by atoms with Crippen LogP contribution in [0.1, 0.15) is 15.9 Å². The van der Waals surface area contributed by atoms with E-state index in [-0.39, 0.29) is 22.8 Å². The van der Waals surface area contributed by atoms with Crippen molar-refractivity contribution in [2.45, 2.75) is 11.3 Å². The molecule has 29 heavy (non-hydrogen) atoms. The highest BCUT2D eigenvalue weighted by Crippen LogP contribution is 2.19. The van der Waals surface area contributed by atoms with E-state index in [0.717, 1.165) is 0 Å². The van der Waals surface area contributed by atoms with Crippen molar-refractivity contribution >= 4 is 33.2 Å². The summed E-state index contributed by atoms with van der Waals surface area (Å²) in [4.78, 5) is 12.3. The Hall–Kier alpha value is -2.90. The highest BCUT2D eigenvalue weighted by Gasteiger charge is 2.16. The molecule has 3 aromatic carbocycles. The molecule has 0 aliphatic heterocycles. The molecule has 0 saturated heterocycles. The molecule has 0 bridgehead atoms. The number of anilines is 1. The molecule has 150 valence electrons. The molecular formula is C21H18ClFN2O3S. The highest BCUT2D eigenvalue weighted by molar-refractivity contribution is 7.92. The summed E-state index contributed by atoms with van der Waals surface area (Å²) in [7, 11) is -3.87. The standard InChI is InChI=1S/C21H18ClFN2O3S/c22-17-8-10-18(11-9-17)25-29(27,28)19-6-3-5-16(14-19)21(26)24-13-12-15-4-1-2-7-20(15)23/h1-11,14,25H,12-13H2,(H,24,26). The van der Waals surface area contributed by atoms with Gasteiger partial charge < -0.3 is 5.32 Å². The van der Waals surface area contributed by atoms with Gasteiger partial charge in [0.05, 0.1) is 4.90 Å². The number of benzene rings is 3. The number of halogens is 2. The molecule has 3 rings (SSSR count). The van der Waals surface area contributed by atoms with Crippen molar-refractivity contribution in [1.29, 1.82) is 0 Å². The molecule has 0 unspecified atom stereocenters. The van der Waals surface area contributed by atoms with Crippen molar-refractivity contribution in [2.24, 2.45) is 0 Å². The number of hydrogen-bond donors (Lipinski definition) is 2. The van der Waals surface area contributed by atoms with Crippen molar-refractivity contribution in [3.63, 3.8) is 0 Å². The second kappa shape index (κ2) is 9.07. The first kappa shape index (κ1) is 20.8. The van der Waals surface area contributed by atoms with Gasteiger partial charge in [0.15, 0.2) is 0 Å². The van der Waals surface area contributed by atoms with E-state index in [4.69, 9.17) is 11.6 Å². The van der Waals surface area contributed by atoms with E-state index < -0.39 is 15.9 Å². The monoisotopic (exact) mass is 432 g/mol. The van der Waals surface area contributed by atoms with E-state index in [0.29, 0.717) is 22.7 Å². The van der Waals surface area contributed by atoms with Crippen LogP contribution in [-0.2, 0) is 16.4 Å². The average molecular weight is 433 g/mol. The maximum absolute atomic E-state index is 13.6. The number of carbonyl (C=O) groups excluding carboxylic acids is 1. The van der Waals surface area contributed by atoms with Gasteiger partial charge >= 0.3 is 0 Å². The summed E-state index contributed by atoms with van der Waals surface area (Å²) >= 11 is 5.80. The smallest absolute Gasteiger partial charge is 0.261 e. The molecule has 0 atom stereocenters. The molecule has 0 radical (unpaired) electrons. The molecule has 0 aliphatic rings. The number of rotatable bonds is 7. The molecule has 0 saturated carbocycles. The molecule has 0 aromatic heterocycles. The quantitative estimate of drug-likeness (QED) is 0.586. The molecule has 1 amide bonds. The third kappa shape index (κ3) is 5.56. The van der Waals surface area contributed by atoms with Gasteiger partial charge in [-0.05, 0) is 60.5 Å². The Kier molecular flexibility index (Phi) is 6.51. The van der Waals surface area contributed by atoms with Crippen LogP contribution in [0.4, 0.5) is 10.1 Å². The Bertz CT molecular complexity index is 1120. The number of nitrogens with one attached hydrogen (secondary N) is 2. The van der Waals surface area contributed by atoms with Gasteiger partial charge in [-0.2, -0.15) is 0 Å². The second-order valence-corrected chi connectivity index (χ2v) is 8.36. The average Bonchev–Trinajstić information content (AvgIpc) is 2.71. The third-order valence-electron chi connectivity index (χ3n) is 4.14. The summed E-state index contributed by atoms with van der Waals surface area (Å²) in [5.74, 6) is -0.770. The Balaban J connectivity index is 1.67. The maximum Gasteiger partial charge on any atom is 0.261 e. The molecule has 2 N–H and O–H groups in total. The Labute approximate surface area is 173 Å². The van der Waals surface area contributed by atoms with Crippen molar-refractivity contribution in [2.75, 3.05) is 11.3 Å². The lowest BCUT2D eigenvalue weighted by Gasteiger charge is -2.10. The molecule has 3 aromatic rings. The normalized spacial score (nSPS) is 11.1. The minimum absolute atomic E-state index is 0.0470. The van der Waals surface area contributed by atoms with Crippen LogP contribution >= 0.6 is 11.6 Å². The van der Waals surface area contributed by atoms with Crippen molar-refractivity contribution in [1.82, 2.24) is 5.32 Å². The molecular weight excluding hydrogens is 415 g/mol. The van der Waals surface area contributed by atoms with Crippen LogP contribution in [0.3, 0.4) is 0 Å². The van der Waals surface area contributed by atoms with Gasteiger partial charge in [-0.15, -0.1) is 0 Å². The Morgan fingerprint density at radius 1 is 0.966 bits per heavy atom. The zero-order valence-corrected chi connectivity index (χ0v) is 16.8. The molecule has 0 fully saturated rings. The Morgan fingerprint density at radius 2 is 1.69 bits per heavy atom. The summed E-state index contributed by atoms with van der Waals surface area (Å²) in [5.41, 5.74) is 1.04. The zero-order valence-electron chi connectivity index (χ0n) is 15.2. The second-order valence-electron chi connectivity index (χ2n) is 6.24. The maximum atomic E-state index is 13.6. The molecule has 0 spiro atoms. The van der Waals surface area contributed by atoms with E-state index in [2.05, 4.69) is 10.0 Å². The predicted molar refractivity (Wildman–Crippen MR) is 111 cm³/mol. The summed E-state index contributed by atoms with van der Waals surface area (Å²) in [6.07, 6.45) is 0.328. The number of sulfonamides is 1. The lowest BCUT2D eigenvalue weighted by molar-refractivity contribution is 0.0954. The predicted octanol–water partition coefficient (Wildman–Crippen LogP) is 4.25. The van der Waals surface area contributed by atoms with Gasteiger partial charge in [-0.1, -0.05) is 35.9 Å². The largest absolute Gasteiger partial charge is 0.352 e. The van der Waals surface area contributed by atoms with Gasteiger partial charge in [-0.25, -0.2) is 12.8 Å². The van der Waals surface area contributed by atoms with Crippen molar-refractivity contribution < 1.29 is 17.6 Å². The van der Waals surface area contributed by atoms with Crippen LogP contribution in [0.5, 0.6) is 0 Å². The summed E-state index contributed by atoms with van der Waals surface area (Å²) in [6, 6.07) is 18.2. The van der Waals surface area contributed by atoms with E-state index >= 15 is 0 Å². The highest BCUT2D eigenvalue weighted by atomic mass is 35.5. The number of amides is 1. The molecule has 5 nitrogen and oxygen atoms in total. The minimum atomic E-state index is -3.87. The van der Waals surface area contributed by atoms with E-state index in [1.165, 1.54) is 30.3 Å². The topological polar surface area (TPSA) is 75.3 Å². The first-order chi connectivity index (χ1) is 13.8. The van der Waals surface area contributed by atoms with Crippen LogP contribution in [0.2, 0.25) is 5.02 Å². The molecule has 0 heterocycles.